The second kappa shape index (κ2) is 12.0. The molecule has 1 aliphatic heterocycles. The van der Waals surface area contributed by atoms with Gasteiger partial charge in [-0.05, 0) is 24.5 Å². The van der Waals surface area contributed by atoms with Crippen LogP contribution in [0.4, 0.5) is 5.69 Å². The Morgan fingerprint density at radius 2 is 1.83 bits per heavy atom. The zero-order chi connectivity index (χ0) is 19.8. The lowest BCUT2D eigenvalue weighted by atomic mass is 9.89. The van der Waals surface area contributed by atoms with Gasteiger partial charge in [-0.2, -0.15) is 0 Å². The van der Waals surface area contributed by atoms with Crippen molar-refractivity contribution in [3.63, 3.8) is 0 Å². The molecule has 1 heterocycles. The highest BCUT2D eigenvalue weighted by Crippen LogP contribution is 2.31. The van der Waals surface area contributed by atoms with Gasteiger partial charge >= 0.3 is 0 Å². The summed E-state index contributed by atoms with van der Waals surface area (Å²) >= 11 is 0. The van der Waals surface area contributed by atoms with Gasteiger partial charge in [0.1, 0.15) is 0 Å². The fourth-order valence-corrected chi connectivity index (χ4v) is 4.00. The number of amides is 2. The third-order valence-corrected chi connectivity index (χ3v) is 5.54. The van der Waals surface area contributed by atoms with Crippen molar-refractivity contribution in [3.05, 3.63) is 29.8 Å². The van der Waals surface area contributed by atoms with E-state index in [0.29, 0.717) is 32.0 Å². The molecule has 3 rings (SSSR count). The first-order valence-electron chi connectivity index (χ1n) is 10.3. The van der Waals surface area contributed by atoms with Crippen molar-refractivity contribution in [1.82, 2.24) is 16.0 Å². The van der Waals surface area contributed by atoms with E-state index in [1.165, 1.54) is 6.42 Å². The van der Waals surface area contributed by atoms with E-state index in [1.54, 1.807) is 7.05 Å². The zero-order valence-electron chi connectivity index (χ0n) is 17.0. The topological polar surface area (TPSA) is 94.6 Å². The molecule has 4 N–H and O–H groups in total. The van der Waals surface area contributed by atoms with Gasteiger partial charge in [-0.15, -0.1) is 24.0 Å². The standard InChI is InChI=1S/C21H31N5O2.HI/c1-22-21(24-12-11-23-20(28)15-7-3-2-4-8-15)25-14-16-13-19(27)26-18-10-6-5-9-17(16)18;/h5-6,9-10,15-16H,2-4,7-8,11-14H2,1H3,(H,23,28)(H,26,27)(H2,22,24,25);1H. The van der Waals surface area contributed by atoms with Crippen LogP contribution in [0.3, 0.4) is 0 Å². The van der Waals surface area contributed by atoms with Crippen LogP contribution in [0.25, 0.3) is 0 Å². The molecule has 0 bridgehead atoms. The molecule has 0 spiro atoms. The van der Waals surface area contributed by atoms with Crippen LogP contribution < -0.4 is 21.3 Å². The third kappa shape index (κ3) is 6.87. The number of anilines is 1. The lowest BCUT2D eigenvalue weighted by Crippen LogP contribution is -2.44. The van der Waals surface area contributed by atoms with Crippen LogP contribution in [0, 0.1) is 5.92 Å². The second-order valence-corrected chi connectivity index (χ2v) is 7.54. The number of aliphatic imine (C=N–C) groups is 1. The van der Waals surface area contributed by atoms with Gasteiger partial charge in [-0.1, -0.05) is 37.5 Å². The summed E-state index contributed by atoms with van der Waals surface area (Å²) in [5, 5.41) is 12.5. The summed E-state index contributed by atoms with van der Waals surface area (Å²) in [7, 11) is 1.72. The molecule has 8 heteroatoms. The first-order valence-corrected chi connectivity index (χ1v) is 10.3. The Balaban J connectivity index is 0.00000300. The molecule has 0 radical (unpaired) electrons. The number of hydrogen-bond acceptors (Lipinski definition) is 3. The fourth-order valence-electron chi connectivity index (χ4n) is 4.00. The van der Waals surface area contributed by atoms with Crippen LogP contribution in [0.1, 0.15) is 50.0 Å². The average molecular weight is 513 g/mol. The normalized spacial score (nSPS) is 19.4. The molecule has 29 heavy (non-hydrogen) atoms. The van der Waals surface area contributed by atoms with E-state index in [0.717, 1.165) is 36.9 Å². The predicted octanol–water partition coefficient (Wildman–Crippen LogP) is 2.59. The predicted molar refractivity (Wildman–Crippen MR) is 127 cm³/mol. The highest BCUT2D eigenvalue weighted by atomic mass is 127. The Labute approximate surface area is 189 Å². The van der Waals surface area contributed by atoms with E-state index in [9.17, 15) is 9.59 Å². The van der Waals surface area contributed by atoms with Gasteiger partial charge in [0.05, 0.1) is 0 Å². The Bertz CT molecular complexity index is 719. The summed E-state index contributed by atoms with van der Waals surface area (Å²) in [6.07, 6.45) is 6.06. The molecule has 1 aromatic carbocycles. The van der Waals surface area contributed by atoms with Crippen molar-refractivity contribution >= 4 is 47.4 Å². The molecule has 1 aliphatic carbocycles. The van der Waals surface area contributed by atoms with Crippen molar-refractivity contribution in [2.24, 2.45) is 10.9 Å². The summed E-state index contributed by atoms with van der Waals surface area (Å²) in [6.45, 7) is 1.81. The maximum atomic E-state index is 12.2. The largest absolute Gasteiger partial charge is 0.356 e. The monoisotopic (exact) mass is 513 g/mol. The van der Waals surface area contributed by atoms with Crippen LogP contribution in [0.5, 0.6) is 0 Å². The van der Waals surface area contributed by atoms with E-state index in [2.05, 4.69) is 32.3 Å². The molecule has 1 saturated carbocycles. The molecule has 0 saturated heterocycles. The van der Waals surface area contributed by atoms with Gasteiger partial charge in [-0.3, -0.25) is 14.6 Å². The van der Waals surface area contributed by atoms with Crippen molar-refractivity contribution in [3.8, 4) is 0 Å². The van der Waals surface area contributed by atoms with E-state index in [1.807, 2.05) is 18.2 Å². The van der Waals surface area contributed by atoms with Crippen molar-refractivity contribution < 1.29 is 9.59 Å². The van der Waals surface area contributed by atoms with Crippen LogP contribution in [-0.4, -0.2) is 44.5 Å². The molecule has 1 aromatic rings. The van der Waals surface area contributed by atoms with Gasteiger partial charge in [0.15, 0.2) is 5.96 Å². The lowest BCUT2D eigenvalue weighted by molar-refractivity contribution is -0.125. The summed E-state index contributed by atoms with van der Waals surface area (Å²) in [5.74, 6) is 1.18. The number of guanidine groups is 1. The second-order valence-electron chi connectivity index (χ2n) is 7.54. The molecule has 0 aromatic heterocycles. The Kier molecular flexibility index (Phi) is 9.69. The quantitative estimate of drug-likeness (QED) is 0.204. The number of halogens is 1. The number of rotatable bonds is 6. The number of nitrogens with one attached hydrogen (secondary N) is 4. The van der Waals surface area contributed by atoms with E-state index < -0.39 is 0 Å². The minimum Gasteiger partial charge on any atom is -0.356 e. The number of carbonyl (C=O) groups is 2. The van der Waals surface area contributed by atoms with Crippen molar-refractivity contribution in [1.29, 1.82) is 0 Å². The number of carbonyl (C=O) groups excluding carboxylic acids is 2. The highest BCUT2D eigenvalue weighted by Gasteiger charge is 2.24. The maximum absolute atomic E-state index is 12.2. The molecule has 2 aliphatic rings. The van der Waals surface area contributed by atoms with E-state index >= 15 is 0 Å². The first kappa shape index (κ1) is 23.4. The number of para-hydroxylation sites is 1. The fraction of sp³-hybridized carbons (Fsp3) is 0.571. The minimum atomic E-state index is 0. The van der Waals surface area contributed by atoms with Crippen LogP contribution in [-0.2, 0) is 9.59 Å². The summed E-state index contributed by atoms with van der Waals surface area (Å²) in [5.41, 5.74) is 2.03. The molecular weight excluding hydrogens is 481 g/mol. The molecule has 160 valence electrons. The molecule has 1 fully saturated rings. The number of hydrogen-bond donors (Lipinski definition) is 4. The van der Waals surface area contributed by atoms with Gasteiger partial charge in [0, 0.05) is 50.6 Å². The average Bonchev–Trinajstić information content (AvgIpc) is 2.73. The van der Waals surface area contributed by atoms with Gasteiger partial charge in [0.25, 0.3) is 0 Å². The molecule has 1 atom stereocenters. The van der Waals surface area contributed by atoms with Crippen LogP contribution >= 0.6 is 24.0 Å². The molecule has 7 nitrogen and oxygen atoms in total. The molecule has 1 unspecified atom stereocenters. The Morgan fingerprint density at radius 3 is 2.59 bits per heavy atom. The summed E-state index contributed by atoms with van der Waals surface area (Å²) in [4.78, 5) is 28.3. The molecule has 2 amide bonds. The Morgan fingerprint density at radius 1 is 1.10 bits per heavy atom. The van der Waals surface area contributed by atoms with Crippen LogP contribution in [0.2, 0.25) is 0 Å². The highest BCUT2D eigenvalue weighted by molar-refractivity contribution is 14.0. The van der Waals surface area contributed by atoms with Gasteiger partial charge < -0.3 is 21.3 Å². The number of fused-ring (bicyclic) bond motifs is 1. The SMILES string of the molecule is CN=C(NCCNC(=O)C1CCCCC1)NCC1CC(=O)Nc2ccccc21.I. The summed E-state index contributed by atoms with van der Waals surface area (Å²) in [6, 6.07) is 7.90. The molecular formula is C21H32IN5O2. The minimum absolute atomic E-state index is 0. The lowest BCUT2D eigenvalue weighted by Gasteiger charge is -2.26. The summed E-state index contributed by atoms with van der Waals surface area (Å²) < 4.78 is 0. The number of nitrogens with zero attached hydrogens (tertiary/aromatic N) is 1. The van der Waals surface area contributed by atoms with E-state index in [-0.39, 0.29) is 47.6 Å². The first-order chi connectivity index (χ1) is 13.7. The van der Waals surface area contributed by atoms with Gasteiger partial charge in [-0.25, -0.2) is 0 Å². The zero-order valence-corrected chi connectivity index (χ0v) is 19.3. The van der Waals surface area contributed by atoms with Crippen molar-refractivity contribution in [2.75, 3.05) is 32.0 Å². The van der Waals surface area contributed by atoms with Crippen LogP contribution in [0.15, 0.2) is 29.3 Å². The van der Waals surface area contributed by atoms with E-state index in [4.69, 9.17) is 0 Å². The number of benzene rings is 1. The third-order valence-electron chi connectivity index (χ3n) is 5.54. The smallest absolute Gasteiger partial charge is 0.225 e. The van der Waals surface area contributed by atoms with Crippen molar-refractivity contribution in [2.45, 2.75) is 44.4 Å². The maximum Gasteiger partial charge on any atom is 0.225 e. The van der Waals surface area contributed by atoms with Gasteiger partial charge in [0.2, 0.25) is 11.8 Å². The Hall–Kier alpha value is -1.84.